The average Bonchev–Trinajstić information content (AvgIpc) is 3.05. The highest BCUT2D eigenvalue weighted by Crippen LogP contribution is 2.34. The maximum Gasteiger partial charge on any atom is 0.264 e. The summed E-state index contributed by atoms with van der Waals surface area (Å²) in [4.78, 5) is 29.2. The van der Waals surface area contributed by atoms with E-state index in [-0.39, 0.29) is 41.4 Å². The van der Waals surface area contributed by atoms with Gasteiger partial charge in [0.2, 0.25) is 11.8 Å². The van der Waals surface area contributed by atoms with Crippen molar-refractivity contribution in [2.75, 3.05) is 24.1 Å². The molecule has 1 atom stereocenters. The lowest BCUT2D eigenvalue weighted by molar-refractivity contribution is -0.140. The van der Waals surface area contributed by atoms with E-state index in [0.717, 1.165) is 54.1 Å². The molecule has 45 heavy (non-hydrogen) atoms. The Morgan fingerprint density at radius 1 is 0.956 bits per heavy atom. The van der Waals surface area contributed by atoms with E-state index in [4.69, 9.17) is 21.1 Å². The second kappa shape index (κ2) is 14.5. The van der Waals surface area contributed by atoms with Gasteiger partial charge in [0.05, 0.1) is 10.6 Å². The minimum atomic E-state index is -4.37. The van der Waals surface area contributed by atoms with Crippen LogP contribution in [0.1, 0.15) is 51.0 Å². The SMILES string of the molecule is CC[C@@H](C(=O)NC1CCCCC1)N(Cc1ccc(Cl)cc1)C(=O)CN(c1ccc(F)cc1)S(=O)(=O)c1ccc2c(c1)OCCO2. The number of carbonyl (C=O) groups excluding carboxylic acids is 2. The number of hydrogen-bond acceptors (Lipinski definition) is 6. The molecule has 1 fully saturated rings. The van der Waals surface area contributed by atoms with E-state index in [0.29, 0.717) is 23.8 Å². The summed E-state index contributed by atoms with van der Waals surface area (Å²) in [5.74, 6) is -0.761. The fourth-order valence-electron chi connectivity index (χ4n) is 5.70. The van der Waals surface area contributed by atoms with Crippen molar-refractivity contribution in [3.8, 4) is 11.5 Å². The highest BCUT2D eigenvalue weighted by molar-refractivity contribution is 7.92. The molecule has 2 aliphatic rings. The van der Waals surface area contributed by atoms with Gasteiger partial charge in [-0.2, -0.15) is 0 Å². The zero-order valence-electron chi connectivity index (χ0n) is 25.1. The van der Waals surface area contributed by atoms with E-state index >= 15 is 0 Å². The molecule has 1 saturated carbocycles. The zero-order chi connectivity index (χ0) is 32.0. The third-order valence-electron chi connectivity index (χ3n) is 8.10. The number of anilines is 1. The normalized spacial score (nSPS) is 15.6. The number of carbonyl (C=O) groups is 2. The first-order chi connectivity index (χ1) is 21.7. The van der Waals surface area contributed by atoms with E-state index in [1.165, 1.54) is 35.2 Å². The minimum absolute atomic E-state index is 0.0269. The number of benzene rings is 3. The highest BCUT2D eigenvalue weighted by Gasteiger charge is 2.35. The number of ether oxygens (including phenoxy) is 2. The first-order valence-corrected chi connectivity index (χ1v) is 17.0. The van der Waals surface area contributed by atoms with E-state index in [2.05, 4.69) is 5.32 Å². The van der Waals surface area contributed by atoms with Crippen LogP contribution in [0.5, 0.6) is 11.5 Å². The van der Waals surface area contributed by atoms with Crippen molar-refractivity contribution in [1.82, 2.24) is 10.2 Å². The largest absolute Gasteiger partial charge is 0.486 e. The highest BCUT2D eigenvalue weighted by atomic mass is 35.5. The monoisotopic (exact) mass is 657 g/mol. The maximum absolute atomic E-state index is 14.3. The van der Waals surface area contributed by atoms with Crippen LogP contribution >= 0.6 is 11.6 Å². The van der Waals surface area contributed by atoms with Crippen LogP contribution in [-0.2, 0) is 26.2 Å². The number of halogens is 2. The van der Waals surface area contributed by atoms with Gasteiger partial charge in [-0.1, -0.05) is 49.9 Å². The molecule has 5 rings (SSSR count). The third kappa shape index (κ3) is 7.88. The van der Waals surface area contributed by atoms with Crippen molar-refractivity contribution in [2.24, 2.45) is 0 Å². The maximum atomic E-state index is 14.3. The Bertz CT molecular complexity index is 1600. The molecular weight excluding hydrogens is 621 g/mol. The molecule has 1 N–H and O–H groups in total. The molecule has 0 saturated heterocycles. The lowest BCUT2D eigenvalue weighted by Crippen LogP contribution is -2.54. The predicted octanol–water partition coefficient (Wildman–Crippen LogP) is 5.70. The summed E-state index contributed by atoms with van der Waals surface area (Å²) in [6, 6.07) is 15.2. The summed E-state index contributed by atoms with van der Waals surface area (Å²) < 4.78 is 54.3. The first kappa shape index (κ1) is 32.6. The number of fused-ring (bicyclic) bond motifs is 1. The molecule has 3 aromatic carbocycles. The average molecular weight is 658 g/mol. The molecule has 0 spiro atoms. The standard InChI is InChI=1S/C33H37ClFN3O6S/c1-2-29(33(40)36-26-6-4-3-5-7-26)37(21-23-8-10-24(34)11-9-23)32(39)22-38(27-14-12-25(35)13-15-27)45(41,42)28-16-17-30-31(20-28)44-19-18-43-30/h8-17,20,26,29H,2-7,18-19,21-22H2,1H3,(H,36,40)/t29-/m0/s1. The topological polar surface area (TPSA) is 105 Å². The fourth-order valence-corrected chi connectivity index (χ4v) is 7.25. The molecule has 3 aromatic rings. The molecule has 12 heteroatoms. The predicted molar refractivity (Wildman–Crippen MR) is 169 cm³/mol. The third-order valence-corrected chi connectivity index (χ3v) is 10.1. The molecule has 240 valence electrons. The van der Waals surface area contributed by atoms with Crippen LogP contribution in [0.2, 0.25) is 5.02 Å². The van der Waals surface area contributed by atoms with Crippen molar-refractivity contribution in [1.29, 1.82) is 0 Å². The van der Waals surface area contributed by atoms with Crippen molar-refractivity contribution < 1.29 is 31.9 Å². The van der Waals surface area contributed by atoms with E-state index in [1.54, 1.807) is 24.3 Å². The van der Waals surface area contributed by atoms with Gasteiger partial charge in [0.25, 0.3) is 10.0 Å². The van der Waals surface area contributed by atoms with Gasteiger partial charge in [-0.3, -0.25) is 13.9 Å². The molecule has 1 aliphatic carbocycles. The van der Waals surface area contributed by atoms with Crippen molar-refractivity contribution >= 4 is 39.1 Å². The Morgan fingerprint density at radius 2 is 1.62 bits per heavy atom. The van der Waals surface area contributed by atoms with Gasteiger partial charge >= 0.3 is 0 Å². The van der Waals surface area contributed by atoms with Crippen molar-refractivity contribution in [3.63, 3.8) is 0 Å². The van der Waals surface area contributed by atoms with E-state index in [9.17, 15) is 22.4 Å². The van der Waals surface area contributed by atoms with E-state index < -0.39 is 34.3 Å². The number of amides is 2. The number of nitrogens with zero attached hydrogens (tertiary/aromatic N) is 2. The Hall–Kier alpha value is -3.83. The molecule has 1 heterocycles. The molecule has 9 nitrogen and oxygen atoms in total. The van der Waals surface area contributed by atoms with Crippen LogP contribution in [0.25, 0.3) is 0 Å². The minimum Gasteiger partial charge on any atom is -0.486 e. The van der Waals surface area contributed by atoms with Gasteiger partial charge in [0, 0.05) is 23.7 Å². The summed E-state index contributed by atoms with van der Waals surface area (Å²) in [6.07, 6.45) is 5.24. The lowest BCUT2D eigenvalue weighted by atomic mass is 9.95. The van der Waals surface area contributed by atoms with Crippen LogP contribution in [0.3, 0.4) is 0 Å². The first-order valence-electron chi connectivity index (χ1n) is 15.2. The second-order valence-electron chi connectivity index (χ2n) is 11.2. The summed E-state index contributed by atoms with van der Waals surface area (Å²) in [7, 11) is -4.37. The Morgan fingerprint density at radius 3 is 2.29 bits per heavy atom. The van der Waals surface area contributed by atoms with Gasteiger partial charge < -0.3 is 19.7 Å². The summed E-state index contributed by atoms with van der Waals surface area (Å²) in [5, 5.41) is 3.64. The number of sulfonamides is 1. The van der Waals surface area contributed by atoms with Crippen molar-refractivity contribution in [3.05, 3.63) is 83.1 Å². The summed E-state index contributed by atoms with van der Waals surface area (Å²) in [6.45, 7) is 1.83. The molecule has 1 aliphatic heterocycles. The van der Waals surface area contributed by atoms with Crippen LogP contribution in [0, 0.1) is 5.82 Å². The smallest absolute Gasteiger partial charge is 0.264 e. The summed E-state index contributed by atoms with van der Waals surface area (Å²) in [5.41, 5.74) is 0.811. The Balaban J connectivity index is 1.49. The second-order valence-corrected chi connectivity index (χ2v) is 13.5. The molecule has 0 aromatic heterocycles. The Labute approximate surface area is 268 Å². The number of rotatable bonds is 11. The number of hydrogen-bond donors (Lipinski definition) is 1. The molecule has 0 bridgehead atoms. The molecule has 0 radical (unpaired) electrons. The molecule has 0 unspecified atom stereocenters. The molecule has 2 amide bonds. The summed E-state index contributed by atoms with van der Waals surface area (Å²) >= 11 is 6.10. The van der Waals surface area contributed by atoms with Gasteiger partial charge in [-0.25, -0.2) is 12.8 Å². The van der Waals surface area contributed by atoms with Gasteiger partial charge in [0.1, 0.15) is 31.6 Å². The van der Waals surface area contributed by atoms with Crippen LogP contribution < -0.4 is 19.1 Å². The van der Waals surface area contributed by atoms with Gasteiger partial charge in [0.15, 0.2) is 11.5 Å². The quantitative estimate of drug-likeness (QED) is 0.284. The molecular formula is C33H37ClFN3O6S. The van der Waals surface area contributed by atoms with Crippen LogP contribution in [-0.4, -0.2) is 57.0 Å². The number of nitrogens with one attached hydrogen (secondary N) is 1. The zero-order valence-corrected chi connectivity index (χ0v) is 26.7. The fraction of sp³-hybridized carbons (Fsp3) is 0.394. The lowest BCUT2D eigenvalue weighted by Gasteiger charge is -2.34. The van der Waals surface area contributed by atoms with Crippen LogP contribution in [0.15, 0.2) is 71.6 Å². The van der Waals surface area contributed by atoms with Crippen LogP contribution in [0.4, 0.5) is 10.1 Å². The van der Waals surface area contributed by atoms with Crippen molar-refractivity contribution in [2.45, 2.75) is 69.0 Å². The van der Waals surface area contributed by atoms with E-state index in [1.807, 2.05) is 6.92 Å². The van der Waals surface area contributed by atoms with Gasteiger partial charge in [-0.15, -0.1) is 0 Å². The van der Waals surface area contributed by atoms with Gasteiger partial charge in [-0.05, 0) is 73.4 Å². The Kier molecular flexibility index (Phi) is 10.5.